The molecule has 1 unspecified atom stereocenters. The van der Waals surface area contributed by atoms with Crippen LogP contribution >= 0.6 is 0 Å². The van der Waals surface area contributed by atoms with Crippen LogP contribution in [0.15, 0.2) is 71.8 Å². The number of ketones is 1. The highest BCUT2D eigenvalue weighted by Crippen LogP contribution is 2.64. The predicted molar refractivity (Wildman–Crippen MR) is 231 cm³/mol. The first-order chi connectivity index (χ1) is 30.3. The van der Waals surface area contributed by atoms with Crippen LogP contribution in [-0.2, 0) is 57.1 Å². The Morgan fingerprint density at radius 2 is 1.46 bits per heavy atom. The Hall–Kier alpha value is -5.20. The number of esters is 4. The Morgan fingerprint density at radius 1 is 0.877 bits per heavy atom. The van der Waals surface area contributed by atoms with Crippen LogP contribution in [0.2, 0.25) is 0 Å². The van der Waals surface area contributed by atoms with Gasteiger partial charge >= 0.3 is 30.0 Å². The van der Waals surface area contributed by atoms with E-state index in [1.165, 1.54) is 35.2 Å². The van der Waals surface area contributed by atoms with Crippen molar-refractivity contribution in [1.29, 1.82) is 0 Å². The van der Waals surface area contributed by atoms with Crippen LogP contribution < -0.4 is 5.32 Å². The van der Waals surface area contributed by atoms with Crippen LogP contribution in [0, 0.1) is 16.7 Å². The van der Waals surface area contributed by atoms with E-state index in [4.69, 9.17) is 33.2 Å². The number of nitrogens with one attached hydrogen (secondary N) is 1. The SMILES string of the molecule is COC(C)=O.CO[C@H]1C(=O)[C@@]2(C)C([C@H](OC(=O)c3ccccc3)[C@]3(O)C[C@H](OC(=O)[C@H](O)[C@@H](NC(=O)OC(C)(C)C)c4ccccc4)C(C)=C1C3(C)C)[C@]1(OC(C)=O)CO[C@@H]1C[C@@H]2OC. The Bertz CT molecular complexity index is 2130. The lowest BCUT2D eigenvalue weighted by atomic mass is 9.44. The molecular formula is C48H63NO16. The summed E-state index contributed by atoms with van der Waals surface area (Å²) in [7, 11) is 4.13. The Labute approximate surface area is 379 Å². The smallest absolute Gasteiger partial charge is 0.408 e. The van der Waals surface area contributed by atoms with Gasteiger partial charge in [0, 0.05) is 46.3 Å². The van der Waals surface area contributed by atoms with Crippen molar-refractivity contribution in [3.05, 3.63) is 82.9 Å². The van der Waals surface area contributed by atoms with Gasteiger partial charge in [-0.05, 0) is 63.5 Å². The van der Waals surface area contributed by atoms with Crippen molar-refractivity contribution in [2.75, 3.05) is 27.9 Å². The van der Waals surface area contributed by atoms with Gasteiger partial charge in [-0.25, -0.2) is 14.4 Å². The fourth-order valence-electron chi connectivity index (χ4n) is 10.1. The minimum atomic E-state index is -2.22. The number of methoxy groups -OCH3 is 3. The van der Waals surface area contributed by atoms with E-state index in [-0.39, 0.29) is 30.1 Å². The van der Waals surface area contributed by atoms with Gasteiger partial charge in [-0.2, -0.15) is 0 Å². The molecule has 65 heavy (non-hydrogen) atoms. The highest BCUT2D eigenvalue weighted by atomic mass is 16.6. The van der Waals surface area contributed by atoms with Crippen LogP contribution in [0.3, 0.4) is 0 Å². The predicted octanol–water partition coefficient (Wildman–Crippen LogP) is 4.75. The molecule has 17 nitrogen and oxygen atoms in total. The Morgan fingerprint density at radius 3 is 1.95 bits per heavy atom. The van der Waals surface area contributed by atoms with Crippen LogP contribution in [-0.4, -0.2) is 127 Å². The first-order valence-corrected chi connectivity index (χ1v) is 21.4. The summed E-state index contributed by atoms with van der Waals surface area (Å²) >= 11 is 0. The van der Waals surface area contributed by atoms with Gasteiger partial charge in [0.05, 0.1) is 42.8 Å². The molecule has 2 aromatic rings. The maximum atomic E-state index is 15.5. The first-order valence-electron chi connectivity index (χ1n) is 21.4. The van der Waals surface area contributed by atoms with Crippen molar-refractivity contribution in [3.63, 3.8) is 0 Å². The summed E-state index contributed by atoms with van der Waals surface area (Å²) in [5, 5.41) is 28.0. The van der Waals surface area contributed by atoms with E-state index in [0.29, 0.717) is 11.1 Å². The number of carbonyl (C=O) groups excluding carboxylic acids is 6. The normalized spacial score (nSPS) is 31.0. The minimum Gasteiger partial charge on any atom is -0.469 e. The second-order valence-electron chi connectivity index (χ2n) is 18.7. The van der Waals surface area contributed by atoms with E-state index in [0.717, 1.165) is 0 Å². The number of benzene rings is 2. The number of Topliss-reactive ketones (excluding diaryl/α,β-unsaturated/α-hetero) is 1. The second kappa shape index (κ2) is 19.3. The summed E-state index contributed by atoms with van der Waals surface area (Å²) in [5.74, 6) is -4.77. The number of hydrogen-bond donors (Lipinski definition) is 3. The lowest BCUT2D eigenvalue weighted by Gasteiger charge is -2.67. The first kappa shape index (κ1) is 50.8. The van der Waals surface area contributed by atoms with Gasteiger partial charge in [0.25, 0.3) is 0 Å². The van der Waals surface area contributed by atoms with Crippen molar-refractivity contribution >= 4 is 35.8 Å². The molecular weight excluding hydrogens is 847 g/mol. The highest BCUT2D eigenvalue weighted by molar-refractivity contribution is 5.94. The molecule has 0 radical (unpaired) electrons. The van der Waals surface area contributed by atoms with E-state index in [9.17, 15) is 34.2 Å². The Balaban J connectivity index is 0.00000150. The van der Waals surface area contributed by atoms with Gasteiger partial charge in [0.1, 0.15) is 35.6 Å². The summed E-state index contributed by atoms with van der Waals surface area (Å²) in [4.78, 5) is 79.7. The molecule has 1 saturated heterocycles. The van der Waals surface area contributed by atoms with Gasteiger partial charge in [-0.15, -0.1) is 0 Å². The molecule has 0 aromatic heterocycles. The van der Waals surface area contributed by atoms with Crippen LogP contribution in [0.1, 0.15) is 97.1 Å². The zero-order valence-electron chi connectivity index (χ0n) is 39.1. The largest absolute Gasteiger partial charge is 0.469 e. The molecule has 2 saturated carbocycles. The number of amides is 1. The zero-order chi connectivity index (χ0) is 48.4. The third-order valence-corrected chi connectivity index (χ3v) is 13.3. The van der Waals surface area contributed by atoms with Gasteiger partial charge in [0.2, 0.25) is 0 Å². The molecule has 17 heteroatoms. The molecule has 356 valence electrons. The van der Waals surface area contributed by atoms with Gasteiger partial charge in [0.15, 0.2) is 17.5 Å². The zero-order valence-corrected chi connectivity index (χ0v) is 39.1. The molecule has 3 N–H and O–H groups in total. The van der Waals surface area contributed by atoms with Crippen LogP contribution in [0.25, 0.3) is 0 Å². The fraction of sp³-hybridized carbons (Fsp3) is 0.583. The topological polar surface area (TPSA) is 229 Å². The molecule has 3 fully saturated rings. The van der Waals surface area contributed by atoms with Crippen molar-refractivity contribution < 1.29 is 76.9 Å². The Kier molecular flexibility index (Phi) is 15.1. The summed E-state index contributed by atoms with van der Waals surface area (Å²) in [6, 6.07) is 15.1. The molecule has 1 heterocycles. The van der Waals surface area contributed by atoms with Gasteiger partial charge in [-0.3, -0.25) is 14.4 Å². The lowest BCUT2D eigenvalue weighted by Crippen LogP contribution is -2.82. The number of rotatable bonds is 10. The third kappa shape index (κ3) is 9.57. The van der Waals surface area contributed by atoms with Crippen LogP contribution in [0.5, 0.6) is 0 Å². The van der Waals surface area contributed by atoms with E-state index >= 15 is 4.79 Å². The summed E-state index contributed by atoms with van der Waals surface area (Å²) in [6.45, 7) is 14.1. The molecule has 11 atom stereocenters. The van der Waals surface area contributed by atoms with Crippen LogP contribution in [0.4, 0.5) is 4.79 Å². The number of aliphatic hydroxyl groups excluding tert-OH is 1. The number of hydrogen-bond acceptors (Lipinski definition) is 16. The monoisotopic (exact) mass is 909 g/mol. The molecule has 0 spiro atoms. The van der Waals surface area contributed by atoms with Crippen molar-refractivity contribution in [1.82, 2.24) is 5.32 Å². The van der Waals surface area contributed by atoms with Crippen molar-refractivity contribution in [3.8, 4) is 0 Å². The summed E-state index contributed by atoms with van der Waals surface area (Å²) < 4.78 is 46.5. The lowest BCUT2D eigenvalue weighted by molar-refractivity contribution is -0.347. The van der Waals surface area contributed by atoms with Gasteiger partial charge in [-0.1, -0.05) is 62.4 Å². The molecule has 4 aliphatic rings. The molecule has 2 bridgehead atoms. The average molecular weight is 910 g/mol. The maximum Gasteiger partial charge on any atom is 0.408 e. The maximum absolute atomic E-state index is 15.5. The number of ether oxygens (including phenoxy) is 8. The minimum absolute atomic E-state index is 0.121. The number of fused-ring (bicyclic) bond motifs is 5. The molecule has 3 aliphatic carbocycles. The molecule has 6 rings (SSSR count). The average Bonchev–Trinajstić information content (AvgIpc) is 3.24. The van der Waals surface area contributed by atoms with Crippen molar-refractivity contribution in [2.45, 2.75) is 135 Å². The molecule has 1 aliphatic heterocycles. The van der Waals surface area contributed by atoms with Gasteiger partial charge < -0.3 is 53.4 Å². The fourth-order valence-corrected chi connectivity index (χ4v) is 10.1. The second-order valence-corrected chi connectivity index (χ2v) is 18.7. The highest BCUT2D eigenvalue weighted by Gasteiger charge is 2.78. The van der Waals surface area contributed by atoms with E-state index < -0.39 is 112 Å². The van der Waals surface area contributed by atoms with E-state index in [1.54, 1.807) is 109 Å². The number of alkyl carbamates (subject to hydrolysis) is 1. The quantitative estimate of drug-likeness (QED) is 0.166. The summed E-state index contributed by atoms with van der Waals surface area (Å²) in [5.41, 5.74) is -6.72. The number of carbonyl (C=O) groups is 6. The molecule has 1 amide bonds. The van der Waals surface area contributed by atoms with Crippen molar-refractivity contribution in [2.24, 2.45) is 16.7 Å². The molecule has 2 aromatic carbocycles. The van der Waals surface area contributed by atoms with E-state index in [2.05, 4.69) is 10.1 Å². The summed E-state index contributed by atoms with van der Waals surface area (Å²) in [6.07, 6.45) is -9.31. The standard InChI is InChI=1S/C45H57NO14.C3H6O2/c1-24-28(57-39(51)33(48)32(26-17-13-11-14-18-26)46-40(52)60-41(3,4)5)22-45(53)37(58-38(50)27-19-15-12-16-20-27)35-43(8,36(49)34(55-10)31(24)42(45,6)7)29(54-9)21-30-44(35,23-56-30)59-25(2)47;1-3(4)5-2/h11-20,28-30,32-35,37,48,53H,21-23H2,1-10H3,(H,46,52);1-2H3/t28-,29-,30+,32-,33+,34+,35?,37-,43+,44-,45+;/m0./s1. The number of aliphatic hydroxyl groups is 2. The third-order valence-electron chi connectivity index (χ3n) is 13.3. The van der Waals surface area contributed by atoms with E-state index in [1.807, 2.05) is 0 Å².